The first-order valence-electron chi connectivity index (χ1n) is 9.21. The Hall–Kier alpha value is -2.46. The van der Waals surface area contributed by atoms with Crippen LogP contribution in [0.1, 0.15) is 45.8 Å². The summed E-state index contributed by atoms with van der Waals surface area (Å²) in [5.74, 6) is -0.0184. The Morgan fingerprint density at radius 1 is 1.41 bits per heavy atom. The van der Waals surface area contributed by atoms with Crippen molar-refractivity contribution in [2.45, 2.75) is 70.1 Å². The standard InChI is InChI=1S/C17H24N6O4/c1-8-11(20-9(2)24)13(25)16(26-8)23-7-19-12-14(18)21-17(22-15(12)23)27-10-5-3-4-6-10/h7-8,10-11,13,16,25H,3-6H2,1-2H3,(H,20,24)(H2,18,21,22)/t8-,11+,13-,16-/m1/s1. The topological polar surface area (TPSA) is 137 Å². The lowest BCUT2D eigenvalue weighted by molar-refractivity contribution is -0.120. The van der Waals surface area contributed by atoms with Gasteiger partial charge in [-0.05, 0) is 32.6 Å². The zero-order valence-electron chi connectivity index (χ0n) is 15.3. The highest BCUT2D eigenvalue weighted by atomic mass is 16.5. The van der Waals surface area contributed by atoms with Crippen molar-refractivity contribution in [3.05, 3.63) is 6.33 Å². The van der Waals surface area contributed by atoms with Crippen LogP contribution in [0.15, 0.2) is 6.33 Å². The summed E-state index contributed by atoms with van der Waals surface area (Å²) in [7, 11) is 0. The Labute approximate surface area is 156 Å². The van der Waals surface area contributed by atoms with Crippen LogP contribution < -0.4 is 15.8 Å². The number of carbonyl (C=O) groups is 1. The number of nitrogen functional groups attached to an aromatic ring is 1. The van der Waals surface area contributed by atoms with Gasteiger partial charge in [0.15, 0.2) is 23.2 Å². The molecule has 10 nitrogen and oxygen atoms in total. The normalized spacial score (nSPS) is 28.7. The zero-order valence-corrected chi connectivity index (χ0v) is 15.3. The maximum atomic E-state index is 11.4. The Morgan fingerprint density at radius 2 is 2.15 bits per heavy atom. The van der Waals surface area contributed by atoms with Crippen LogP contribution in [0.4, 0.5) is 5.82 Å². The molecule has 2 fully saturated rings. The maximum absolute atomic E-state index is 11.4. The Kier molecular flexibility index (Phi) is 4.60. The molecule has 0 unspecified atom stereocenters. The van der Waals surface area contributed by atoms with Gasteiger partial charge >= 0.3 is 6.01 Å². The molecular formula is C17H24N6O4. The first-order chi connectivity index (χ1) is 12.9. The molecule has 0 aromatic carbocycles. The van der Waals surface area contributed by atoms with Gasteiger partial charge in [0.2, 0.25) is 5.91 Å². The molecule has 146 valence electrons. The van der Waals surface area contributed by atoms with Crippen LogP contribution in [0.25, 0.3) is 11.2 Å². The zero-order chi connectivity index (χ0) is 19.1. The summed E-state index contributed by atoms with van der Waals surface area (Å²) in [4.78, 5) is 24.3. The lowest BCUT2D eigenvalue weighted by Crippen LogP contribution is -2.45. The van der Waals surface area contributed by atoms with Crippen molar-refractivity contribution in [1.29, 1.82) is 0 Å². The van der Waals surface area contributed by atoms with E-state index in [-0.39, 0.29) is 29.9 Å². The van der Waals surface area contributed by atoms with Crippen molar-refractivity contribution >= 4 is 22.9 Å². The third-order valence-electron chi connectivity index (χ3n) is 5.17. The molecule has 1 aliphatic heterocycles. The van der Waals surface area contributed by atoms with Crippen molar-refractivity contribution in [2.24, 2.45) is 0 Å². The van der Waals surface area contributed by atoms with Gasteiger partial charge in [0.05, 0.1) is 18.5 Å². The van der Waals surface area contributed by atoms with Crippen LogP contribution in [-0.4, -0.2) is 54.9 Å². The van der Waals surface area contributed by atoms with Crippen molar-refractivity contribution in [1.82, 2.24) is 24.8 Å². The fourth-order valence-electron chi connectivity index (χ4n) is 3.82. The van der Waals surface area contributed by atoms with Gasteiger partial charge in [-0.25, -0.2) is 4.98 Å². The SMILES string of the molecule is CC(=O)N[C@@H]1[C@@H](O)[C@H](n2cnc3c(N)nc(OC4CCCC4)nc32)O[C@@H]1C. The molecule has 27 heavy (non-hydrogen) atoms. The van der Waals surface area contributed by atoms with Crippen LogP contribution in [0.2, 0.25) is 0 Å². The number of aliphatic hydroxyl groups is 1. The molecule has 10 heteroatoms. The summed E-state index contributed by atoms with van der Waals surface area (Å²) in [6, 6.07) is -0.328. The van der Waals surface area contributed by atoms with Crippen molar-refractivity contribution < 1.29 is 19.4 Å². The second-order valence-electron chi connectivity index (χ2n) is 7.19. The predicted octanol–water partition coefficient (Wildman–Crippen LogP) is 0.513. The average Bonchev–Trinajstić information content (AvgIpc) is 3.31. The first-order valence-corrected chi connectivity index (χ1v) is 9.21. The molecule has 4 rings (SSSR count). The van der Waals surface area contributed by atoms with E-state index in [9.17, 15) is 9.90 Å². The predicted molar refractivity (Wildman–Crippen MR) is 95.8 cm³/mol. The number of amides is 1. The monoisotopic (exact) mass is 376 g/mol. The fraction of sp³-hybridized carbons (Fsp3) is 0.647. The highest BCUT2D eigenvalue weighted by Crippen LogP contribution is 2.33. The summed E-state index contributed by atoms with van der Waals surface area (Å²) in [5.41, 5.74) is 6.87. The molecule has 4 N–H and O–H groups in total. The quantitative estimate of drug-likeness (QED) is 0.702. The molecule has 2 aromatic heterocycles. The first kappa shape index (κ1) is 17.9. The van der Waals surface area contributed by atoms with E-state index < -0.39 is 18.4 Å². The minimum absolute atomic E-state index is 0.0933. The van der Waals surface area contributed by atoms with E-state index in [1.165, 1.54) is 13.3 Å². The molecule has 0 radical (unpaired) electrons. The number of nitrogens with two attached hydrogens (primary N) is 1. The summed E-state index contributed by atoms with van der Waals surface area (Å²) < 4.78 is 13.3. The van der Waals surface area contributed by atoms with Gasteiger partial charge < -0.3 is 25.6 Å². The van der Waals surface area contributed by atoms with Gasteiger partial charge in [0.1, 0.15) is 12.2 Å². The molecule has 2 aromatic rings. The number of nitrogens with zero attached hydrogens (tertiary/aromatic N) is 4. The van der Waals surface area contributed by atoms with Gasteiger partial charge in [-0.1, -0.05) is 0 Å². The Bertz CT molecular complexity index is 849. The number of hydrogen-bond donors (Lipinski definition) is 3. The number of hydrogen-bond acceptors (Lipinski definition) is 8. The number of fused-ring (bicyclic) bond motifs is 1. The average molecular weight is 376 g/mol. The van der Waals surface area contributed by atoms with Crippen LogP contribution in [-0.2, 0) is 9.53 Å². The van der Waals surface area contributed by atoms with Gasteiger partial charge in [-0.3, -0.25) is 9.36 Å². The number of rotatable bonds is 4. The molecule has 1 amide bonds. The molecule has 2 aliphatic rings. The highest BCUT2D eigenvalue weighted by Gasteiger charge is 2.43. The van der Waals surface area contributed by atoms with E-state index in [0.717, 1.165) is 25.7 Å². The number of aromatic nitrogens is 4. The molecule has 1 saturated carbocycles. The van der Waals surface area contributed by atoms with Crippen molar-refractivity contribution in [3.63, 3.8) is 0 Å². The smallest absolute Gasteiger partial charge is 0.320 e. The van der Waals surface area contributed by atoms with E-state index >= 15 is 0 Å². The lowest BCUT2D eigenvalue weighted by atomic mass is 10.1. The Balaban J connectivity index is 1.65. The number of imidazole rings is 1. The van der Waals surface area contributed by atoms with Gasteiger partial charge in [0.25, 0.3) is 0 Å². The summed E-state index contributed by atoms with van der Waals surface area (Å²) in [6.45, 7) is 3.20. The van der Waals surface area contributed by atoms with Gasteiger partial charge in [-0.15, -0.1) is 0 Å². The van der Waals surface area contributed by atoms with Crippen LogP contribution in [0, 0.1) is 0 Å². The van der Waals surface area contributed by atoms with Crippen LogP contribution >= 0.6 is 0 Å². The minimum atomic E-state index is -0.961. The molecule has 3 heterocycles. The third-order valence-corrected chi connectivity index (χ3v) is 5.17. The third kappa shape index (κ3) is 3.30. The summed E-state index contributed by atoms with van der Waals surface area (Å²) in [5, 5.41) is 13.4. The molecule has 4 atom stereocenters. The summed E-state index contributed by atoms with van der Waals surface area (Å²) in [6.07, 6.45) is 3.71. The minimum Gasteiger partial charge on any atom is -0.460 e. The highest BCUT2D eigenvalue weighted by molar-refractivity contribution is 5.82. The Morgan fingerprint density at radius 3 is 2.85 bits per heavy atom. The van der Waals surface area contributed by atoms with E-state index in [1.807, 2.05) is 0 Å². The summed E-state index contributed by atoms with van der Waals surface area (Å²) >= 11 is 0. The molecule has 0 spiro atoms. The van der Waals surface area contributed by atoms with E-state index in [2.05, 4.69) is 20.3 Å². The molecule has 1 saturated heterocycles. The van der Waals surface area contributed by atoms with Gasteiger partial charge in [-0.2, -0.15) is 9.97 Å². The van der Waals surface area contributed by atoms with E-state index in [4.69, 9.17) is 15.2 Å². The van der Waals surface area contributed by atoms with Gasteiger partial charge in [0, 0.05) is 6.92 Å². The van der Waals surface area contributed by atoms with Crippen molar-refractivity contribution in [3.8, 4) is 6.01 Å². The van der Waals surface area contributed by atoms with Crippen molar-refractivity contribution in [2.75, 3.05) is 5.73 Å². The molecule has 1 aliphatic carbocycles. The maximum Gasteiger partial charge on any atom is 0.320 e. The van der Waals surface area contributed by atoms with Crippen LogP contribution in [0.3, 0.4) is 0 Å². The number of carbonyl (C=O) groups excluding carboxylic acids is 1. The number of nitrogens with one attached hydrogen (secondary N) is 1. The second-order valence-corrected chi connectivity index (χ2v) is 7.19. The molecular weight excluding hydrogens is 352 g/mol. The largest absolute Gasteiger partial charge is 0.460 e. The fourth-order valence-corrected chi connectivity index (χ4v) is 3.82. The molecule has 0 bridgehead atoms. The van der Waals surface area contributed by atoms with Crippen LogP contribution in [0.5, 0.6) is 6.01 Å². The second kappa shape index (κ2) is 6.93. The van der Waals surface area contributed by atoms with E-state index in [0.29, 0.717) is 11.2 Å². The lowest BCUT2D eigenvalue weighted by Gasteiger charge is -2.19. The van der Waals surface area contributed by atoms with E-state index in [1.54, 1.807) is 11.5 Å². The number of aliphatic hydroxyl groups excluding tert-OH is 1. The number of anilines is 1. The number of ether oxygens (including phenoxy) is 2.